The molecule has 0 amide bonds. The lowest BCUT2D eigenvalue weighted by Crippen LogP contribution is -2.17. The zero-order chi connectivity index (χ0) is 10.8. The molecule has 0 aliphatic carbocycles. The summed E-state index contributed by atoms with van der Waals surface area (Å²) in [6.45, 7) is 2.40. The van der Waals surface area contributed by atoms with Crippen LogP contribution in [0.3, 0.4) is 0 Å². The van der Waals surface area contributed by atoms with Crippen LogP contribution in [-0.2, 0) is 0 Å². The van der Waals surface area contributed by atoms with Crippen molar-refractivity contribution >= 4 is 17.0 Å². The van der Waals surface area contributed by atoms with Gasteiger partial charge in [-0.05, 0) is 25.0 Å². The van der Waals surface area contributed by atoms with Crippen LogP contribution in [-0.4, -0.2) is 18.1 Å². The molecule has 1 saturated heterocycles. The first-order valence-corrected chi connectivity index (χ1v) is 6.48. The third-order valence-corrected chi connectivity index (χ3v) is 3.56. The maximum absolute atomic E-state index is 4.19. The summed E-state index contributed by atoms with van der Waals surface area (Å²) >= 11 is 1.52. The highest BCUT2D eigenvalue weighted by atomic mass is 32.1. The van der Waals surface area contributed by atoms with Crippen molar-refractivity contribution < 1.29 is 0 Å². The summed E-state index contributed by atoms with van der Waals surface area (Å²) in [5.74, 6) is 0. The van der Waals surface area contributed by atoms with E-state index in [0.717, 1.165) is 5.69 Å². The third-order valence-electron chi connectivity index (χ3n) is 3.02. The van der Waals surface area contributed by atoms with Gasteiger partial charge in [-0.1, -0.05) is 12.1 Å². The van der Waals surface area contributed by atoms with Gasteiger partial charge in [0.2, 0.25) is 0 Å². The third kappa shape index (κ3) is 1.83. The number of aromatic nitrogens is 1. The maximum Gasteiger partial charge on any atom is 0.152 e. The molecule has 0 spiro atoms. The molecular formula is C13H13N2S. The molecule has 3 rings (SSSR count). The van der Waals surface area contributed by atoms with Gasteiger partial charge in [-0.25, -0.2) is 4.98 Å². The van der Waals surface area contributed by atoms with Crippen LogP contribution in [0.2, 0.25) is 0 Å². The van der Waals surface area contributed by atoms with Crippen molar-refractivity contribution in [2.24, 2.45) is 0 Å². The van der Waals surface area contributed by atoms with E-state index in [0.29, 0.717) is 0 Å². The molecule has 0 bridgehead atoms. The molecule has 1 fully saturated rings. The summed E-state index contributed by atoms with van der Waals surface area (Å²) in [7, 11) is 0. The Labute approximate surface area is 99.6 Å². The fourth-order valence-electron chi connectivity index (χ4n) is 2.13. The Kier molecular flexibility index (Phi) is 2.62. The van der Waals surface area contributed by atoms with Crippen molar-refractivity contribution in [3.8, 4) is 11.3 Å². The number of anilines is 1. The number of hydrogen-bond donors (Lipinski definition) is 0. The molecule has 1 aromatic carbocycles. The van der Waals surface area contributed by atoms with Gasteiger partial charge in [-0.15, -0.1) is 11.3 Å². The van der Waals surface area contributed by atoms with Gasteiger partial charge in [0, 0.05) is 29.7 Å². The lowest BCUT2D eigenvalue weighted by molar-refractivity contribution is 0.949. The van der Waals surface area contributed by atoms with Crippen LogP contribution in [0.25, 0.3) is 11.3 Å². The van der Waals surface area contributed by atoms with E-state index in [-0.39, 0.29) is 0 Å². The predicted octanol–water partition coefficient (Wildman–Crippen LogP) is 3.21. The number of nitrogens with zero attached hydrogens (tertiary/aromatic N) is 2. The number of thiazole rings is 1. The Morgan fingerprint density at radius 3 is 2.50 bits per heavy atom. The zero-order valence-corrected chi connectivity index (χ0v) is 9.83. The molecule has 1 aliphatic rings. The molecule has 1 radical (unpaired) electrons. The van der Waals surface area contributed by atoms with Crippen molar-refractivity contribution in [2.75, 3.05) is 18.0 Å². The van der Waals surface area contributed by atoms with Crippen LogP contribution >= 0.6 is 11.3 Å². The van der Waals surface area contributed by atoms with Gasteiger partial charge in [-0.3, -0.25) is 0 Å². The van der Waals surface area contributed by atoms with Gasteiger partial charge < -0.3 is 4.90 Å². The van der Waals surface area contributed by atoms with Crippen LogP contribution in [0.5, 0.6) is 0 Å². The van der Waals surface area contributed by atoms with Crippen LogP contribution in [0.15, 0.2) is 29.6 Å². The Morgan fingerprint density at radius 2 is 1.88 bits per heavy atom. The van der Waals surface area contributed by atoms with E-state index in [1.165, 1.54) is 48.5 Å². The average molecular weight is 229 g/mol. The molecule has 1 aliphatic heterocycles. The molecule has 0 atom stereocenters. The first-order chi connectivity index (χ1) is 7.93. The van der Waals surface area contributed by atoms with Crippen LogP contribution in [0.4, 0.5) is 5.69 Å². The van der Waals surface area contributed by atoms with Gasteiger partial charge in [-0.2, -0.15) is 0 Å². The normalized spacial score (nSPS) is 15.6. The van der Waals surface area contributed by atoms with Gasteiger partial charge >= 0.3 is 0 Å². The fourth-order valence-corrected chi connectivity index (χ4v) is 2.64. The zero-order valence-electron chi connectivity index (χ0n) is 9.02. The predicted molar refractivity (Wildman–Crippen MR) is 67.8 cm³/mol. The highest BCUT2D eigenvalue weighted by Gasteiger charge is 2.11. The second-order valence-electron chi connectivity index (χ2n) is 4.07. The Bertz CT molecular complexity index is 441. The average Bonchev–Trinajstić information content (AvgIpc) is 3.03. The van der Waals surface area contributed by atoms with Crippen LogP contribution in [0.1, 0.15) is 12.8 Å². The Hall–Kier alpha value is -1.35. The summed E-state index contributed by atoms with van der Waals surface area (Å²) in [4.78, 5) is 6.64. The van der Waals surface area contributed by atoms with Crippen molar-refractivity contribution in [3.63, 3.8) is 0 Å². The molecule has 0 saturated carbocycles. The number of rotatable bonds is 2. The van der Waals surface area contributed by atoms with Crippen molar-refractivity contribution in [1.82, 2.24) is 4.98 Å². The SMILES string of the molecule is [c]1nc(-c2ccc(N3CCCC3)cc2)cs1. The highest BCUT2D eigenvalue weighted by molar-refractivity contribution is 7.07. The lowest BCUT2D eigenvalue weighted by atomic mass is 10.1. The molecule has 2 aromatic rings. The second-order valence-corrected chi connectivity index (χ2v) is 4.72. The van der Waals surface area contributed by atoms with Crippen LogP contribution < -0.4 is 4.90 Å². The van der Waals surface area contributed by atoms with E-state index < -0.39 is 0 Å². The minimum atomic E-state index is 1.03. The largest absolute Gasteiger partial charge is 0.372 e. The molecular weight excluding hydrogens is 216 g/mol. The fraction of sp³-hybridized carbons (Fsp3) is 0.308. The standard InChI is InChI=1S/C13H13N2S/c1-2-8-15(7-1)12-5-3-11(4-6-12)13-9-16-10-14-13/h3-6,9H,1-2,7-8H2. The van der Waals surface area contributed by atoms with Gasteiger partial charge in [0.15, 0.2) is 5.51 Å². The molecule has 3 heteroatoms. The summed E-state index contributed by atoms with van der Waals surface area (Å²) in [6.07, 6.45) is 2.64. The van der Waals surface area contributed by atoms with Crippen LogP contribution in [0, 0.1) is 5.51 Å². The maximum atomic E-state index is 4.19. The van der Waals surface area contributed by atoms with E-state index in [1.807, 2.05) is 5.38 Å². The minimum Gasteiger partial charge on any atom is -0.372 e. The molecule has 2 heterocycles. The van der Waals surface area contributed by atoms with E-state index in [2.05, 4.69) is 39.7 Å². The molecule has 0 unspecified atom stereocenters. The first kappa shape index (κ1) is 9.85. The monoisotopic (exact) mass is 229 g/mol. The summed E-state index contributed by atoms with van der Waals surface area (Å²) in [5, 5.41) is 2.03. The van der Waals surface area contributed by atoms with Crippen molar-refractivity contribution in [3.05, 3.63) is 35.2 Å². The van der Waals surface area contributed by atoms with E-state index in [4.69, 9.17) is 0 Å². The van der Waals surface area contributed by atoms with E-state index in [9.17, 15) is 0 Å². The Morgan fingerprint density at radius 1 is 1.12 bits per heavy atom. The van der Waals surface area contributed by atoms with Gasteiger partial charge in [0.05, 0.1) is 5.69 Å². The second kappa shape index (κ2) is 4.26. The summed E-state index contributed by atoms with van der Waals surface area (Å²) in [6, 6.07) is 8.69. The minimum absolute atomic E-state index is 1.03. The van der Waals surface area contributed by atoms with E-state index >= 15 is 0 Å². The quantitative estimate of drug-likeness (QED) is 0.786. The first-order valence-electron chi connectivity index (χ1n) is 5.60. The number of hydrogen-bond acceptors (Lipinski definition) is 3. The van der Waals surface area contributed by atoms with Gasteiger partial charge in [0.25, 0.3) is 0 Å². The topological polar surface area (TPSA) is 16.1 Å². The molecule has 81 valence electrons. The summed E-state index contributed by atoms with van der Waals surface area (Å²) < 4.78 is 0. The molecule has 2 nitrogen and oxygen atoms in total. The van der Waals surface area contributed by atoms with Crippen molar-refractivity contribution in [1.29, 1.82) is 0 Å². The highest BCUT2D eigenvalue weighted by Crippen LogP contribution is 2.24. The number of benzene rings is 1. The lowest BCUT2D eigenvalue weighted by Gasteiger charge is -2.17. The molecule has 1 aromatic heterocycles. The van der Waals surface area contributed by atoms with Crippen molar-refractivity contribution in [2.45, 2.75) is 12.8 Å². The van der Waals surface area contributed by atoms with E-state index in [1.54, 1.807) is 0 Å². The van der Waals surface area contributed by atoms with Gasteiger partial charge in [0.1, 0.15) is 0 Å². The molecule has 0 N–H and O–H groups in total. The smallest absolute Gasteiger partial charge is 0.152 e. The summed E-state index contributed by atoms with van der Waals surface area (Å²) in [5.41, 5.74) is 6.42. The Balaban J connectivity index is 1.84. The molecule has 16 heavy (non-hydrogen) atoms.